The van der Waals surface area contributed by atoms with Gasteiger partial charge < -0.3 is 5.32 Å². The lowest BCUT2D eigenvalue weighted by atomic mass is 10.3. The fraction of sp³-hybridized carbons (Fsp3) is 0.133. The van der Waals surface area contributed by atoms with Gasteiger partial charge in [-0.05, 0) is 11.6 Å². The van der Waals surface area contributed by atoms with Gasteiger partial charge in [0.1, 0.15) is 0 Å². The second-order valence-electron chi connectivity index (χ2n) is 5.16. The van der Waals surface area contributed by atoms with Crippen LogP contribution in [0.25, 0.3) is 11.0 Å². The molecule has 0 spiro atoms. The fourth-order valence-electron chi connectivity index (χ4n) is 2.32. The number of nitrogens with one attached hydrogen (secondary N) is 1. The van der Waals surface area contributed by atoms with Crippen LogP contribution >= 0.6 is 0 Å². The van der Waals surface area contributed by atoms with Gasteiger partial charge in [-0.25, -0.2) is 9.67 Å². The molecule has 23 heavy (non-hydrogen) atoms. The van der Waals surface area contributed by atoms with E-state index in [9.17, 15) is 0 Å². The summed E-state index contributed by atoms with van der Waals surface area (Å²) in [6.45, 7) is 0.612. The standard InChI is InChI=1S/C15H14N8/c1-22-10-13(8-18-22)20-15-17-6-12-7-19-23(14(12)21-15)9-11-3-2-4-16-5-11/h2-8,10H,9H2,1H3,(H,17,20,21). The van der Waals surface area contributed by atoms with Gasteiger partial charge >= 0.3 is 0 Å². The van der Waals surface area contributed by atoms with E-state index in [0.29, 0.717) is 12.5 Å². The molecule has 4 aromatic heterocycles. The quantitative estimate of drug-likeness (QED) is 0.618. The smallest absolute Gasteiger partial charge is 0.229 e. The Morgan fingerprint density at radius 2 is 2.09 bits per heavy atom. The molecule has 8 heteroatoms. The van der Waals surface area contributed by atoms with Gasteiger partial charge in [-0.15, -0.1) is 0 Å². The van der Waals surface area contributed by atoms with Gasteiger partial charge in [0, 0.05) is 31.8 Å². The highest BCUT2D eigenvalue weighted by Crippen LogP contribution is 2.16. The summed E-state index contributed by atoms with van der Waals surface area (Å²) in [6, 6.07) is 3.92. The minimum Gasteiger partial charge on any atom is -0.321 e. The fourth-order valence-corrected chi connectivity index (χ4v) is 2.32. The number of anilines is 2. The maximum atomic E-state index is 4.56. The van der Waals surface area contributed by atoms with E-state index in [4.69, 9.17) is 0 Å². The Bertz CT molecular complexity index is 940. The van der Waals surface area contributed by atoms with E-state index in [0.717, 1.165) is 22.3 Å². The average molecular weight is 306 g/mol. The molecular formula is C15H14N8. The second-order valence-corrected chi connectivity index (χ2v) is 5.16. The van der Waals surface area contributed by atoms with Gasteiger partial charge in [-0.2, -0.15) is 15.2 Å². The van der Waals surface area contributed by atoms with Crippen LogP contribution in [-0.4, -0.2) is 34.5 Å². The lowest BCUT2D eigenvalue weighted by Gasteiger charge is -2.04. The number of aryl methyl sites for hydroxylation is 1. The predicted molar refractivity (Wildman–Crippen MR) is 85.2 cm³/mol. The van der Waals surface area contributed by atoms with E-state index in [1.165, 1.54) is 0 Å². The third kappa shape index (κ3) is 2.73. The molecule has 0 aliphatic heterocycles. The van der Waals surface area contributed by atoms with Crippen LogP contribution in [0.4, 0.5) is 11.6 Å². The first-order valence-corrected chi connectivity index (χ1v) is 7.11. The number of hydrogen-bond donors (Lipinski definition) is 1. The number of hydrogen-bond acceptors (Lipinski definition) is 6. The van der Waals surface area contributed by atoms with Crippen LogP contribution in [0.15, 0.2) is 49.3 Å². The summed E-state index contributed by atoms with van der Waals surface area (Å²) in [5.74, 6) is 0.512. The van der Waals surface area contributed by atoms with Crippen molar-refractivity contribution in [2.24, 2.45) is 7.05 Å². The third-order valence-corrected chi connectivity index (χ3v) is 3.39. The van der Waals surface area contributed by atoms with Crippen LogP contribution in [0.2, 0.25) is 0 Å². The molecule has 0 saturated heterocycles. The van der Waals surface area contributed by atoms with Gasteiger partial charge in [-0.1, -0.05) is 6.07 Å². The van der Waals surface area contributed by atoms with Gasteiger partial charge in [0.05, 0.1) is 30.0 Å². The molecule has 0 fully saturated rings. The SMILES string of the molecule is Cn1cc(Nc2ncc3cnn(Cc4cccnc4)c3n2)cn1. The Morgan fingerprint density at radius 1 is 1.13 bits per heavy atom. The highest BCUT2D eigenvalue weighted by Gasteiger charge is 2.08. The van der Waals surface area contributed by atoms with Crippen molar-refractivity contribution in [1.29, 1.82) is 0 Å². The molecule has 8 nitrogen and oxygen atoms in total. The van der Waals surface area contributed by atoms with Crippen molar-refractivity contribution in [2.75, 3.05) is 5.32 Å². The van der Waals surface area contributed by atoms with Crippen molar-refractivity contribution in [2.45, 2.75) is 6.54 Å². The molecule has 0 aromatic carbocycles. The molecule has 4 aromatic rings. The third-order valence-electron chi connectivity index (χ3n) is 3.39. The molecular weight excluding hydrogens is 292 g/mol. The number of nitrogens with zero attached hydrogens (tertiary/aromatic N) is 7. The van der Waals surface area contributed by atoms with Crippen molar-refractivity contribution >= 4 is 22.7 Å². The first-order chi connectivity index (χ1) is 11.3. The second kappa shape index (κ2) is 5.48. The van der Waals surface area contributed by atoms with Crippen molar-refractivity contribution in [3.8, 4) is 0 Å². The van der Waals surface area contributed by atoms with Crippen LogP contribution < -0.4 is 5.32 Å². The van der Waals surface area contributed by atoms with Crippen molar-refractivity contribution in [3.63, 3.8) is 0 Å². The zero-order chi connectivity index (χ0) is 15.6. The molecule has 4 rings (SSSR count). The Morgan fingerprint density at radius 3 is 2.87 bits per heavy atom. The molecule has 0 atom stereocenters. The molecule has 0 aliphatic rings. The molecule has 4 heterocycles. The normalized spacial score (nSPS) is 11.0. The number of pyridine rings is 1. The highest BCUT2D eigenvalue weighted by molar-refractivity contribution is 5.75. The Labute approximate surface area is 131 Å². The monoisotopic (exact) mass is 306 g/mol. The zero-order valence-electron chi connectivity index (χ0n) is 12.5. The number of fused-ring (bicyclic) bond motifs is 1. The summed E-state index contributed by atoms with van der Waals surface area (Å²) in [6.07, 6.45) is 10.7. The summed E-state index contributed by atoms with van der Waals surface area (Å²) >= 11 is 0. The van der Waals surface area contributed by atoms with Gasteiger partial charge in [0.25, 0.3) is 0 Å². The first-order valence-electron chi connectivity index (χ1n) is 7.11. The Hall–Kier alpha value is -3.29. The minimum atomic E-state index is 0.512. The van der Waals surface area contributed by atoms with Crippen LogP contribution in [0.3, 0.4) is 0 Å². The van der Waals surface area contributed by atoms with Gasteiger partial charge in [-0.3, -0.25) is 9.67 Å². The van der Waals surface area contributed by atoms with E-state index < -0.39 is 0 Å². The molecule has 0 saturated carbocycles. The summed E-state index contributed by atoms with van der Waals surface area (Å²) in [5, 5.41) is 12.5. The largest absolute Gasteiger partial charge is 0.321 e. The lowest BCUT2D eigenvalue weighted by molar-refractivity contribution is 0.702. The predicted octanol–water partition coefficient (Wildman–Crippen LogP) is 1.75. The molecule has 0 unspecified atom stereocenters. The minimum absolute atomic E-state index is 0.512. The average Bonchev–Trinajstić information content (AvgIpc) is 3.15. The van der Waals surface area contributed by atoms with E-state index in [-0.39, 0.29) is 0 Å². The zero-order valence-corrected chi connectivity index (χ0v) is 12.5. The van der Waals surface area contributed by atoms with E-state index >= 15 is 0 Å². The van der Waals surface area contributed by atoms with Crippen LogP contribution in [-0.2, 0) is 13.6 Å². The first kappa shape index (κ1) is 13.4. The maximum absolute atomic E-state index is 4.56. The highest BCUT2D eigenvalue weighted by atomic mass is 15.3. The van der Waals surface area contributed by atoms with E-state index in [2.05, 4.69) is 30.5 Å². The van der Waals surface area contributed by atoms with Crippen LogP contribution in [0, 0.1) is 0 Å². The van der Waals surface area contributed by atoms with Crippen molar-refractivity contribution in [1.82, 2.24) is 34.5 Å². The summed E-state index contributed by atoms with van der Waals surface area (Å²) in [5.41, 5.74) is 2.68. The molecule has 0 radical (unpaired) electrons. The summed E-state index contributed by atoms with van der Waals surface area (Å²) in [7, 11) is 1.86. The van der Waals surface area contributed by atoms with E-state index in [1.807, 2.05) is 36.3 Å². The van der Waals surface area contributed by atoms with Crippen LogP contribution in [0.1, 0.15) is 5.56 Å². The lowest BCUT2D eigenvalue weighted by Crippen LogP contribution is -2.04. The number of rotatable bonds is 4. The number of aromatic nitrogens is 7. The summed E-state index contributed by atoms with van der Waals surface area (Å²) < 4.78 is 3.55. The molecule has 0 bridgehead atoms. The maximum Gasteiger partial charge on any atom is 0.229 e. The Balaban J connectivity index is 1.65. The van der Waals surface area contributed by atoms with Gasteiger partial charge in [0.2, 0.25) is 5.95 Å². The summed E-state index contributed by atoms with van der Waals surface area (Å²) in [4.78, 5) is 13.0. The van der Waals surface area contributed by atoms with Crippen LogP contribution in [0.5, 0.6) is 0 Å². The topological polar surface area (TPSA) is 86.3 Å². The Kier molecular flexibility index (Phi) is 3.19. The molecule has 114 valence electrons. The van der Waals surface area contributed by atoms with E-state index in [1.54, 1.807) is 29.5 Å². The molecule has 1 N–H and O–H groups in total. The van der Waals surface area contributed by atoms with Gasteiger partial charge in [0.15, 0.2) is 5.65 Å². The molecule has 0 aliphatic carbocycles. The van der Waals surface area contributed by atoms with Crippen molar-refractivity contribution in [3.05, 3.63) is 54.9 Å². The van der Waals surface area contributed by atoms with Crippen molar-refractivity contribution < 1.29 is 0 Å². The molecule has 0 amide bonds.